The monoisotopic (exact) mass is 377 g/mol. The molecule has 1 saturated heterocycles. The van der Waals surface area contributed by atoms with Crippen molar-refractivity contribution in [1.29, 1.82) is 0 Å². The number of aryl methyl sites for hydroxylation is 1. The minimum absolute atomic E-state index is 0.214. The zero-order valence-electron chi connectivity index (χ0n) is 16.8. The first-order valence-electron chi connectivity index (χ1n) is 9.88. The van der Waals surface area contributed by atoms with Crippen molar-refractivity contribution in [2.45, 2.75) is 39.3 Å². The van der Waals surface area contributed by atoms with Gasteiger partial charge in [0.25, 0.3) is 0 Å². The van der Waals surface area contributed by atoms with Crippen LogP contribution in [0.3, 0.4) is 0 Å². The first-order valence-corrected chi connectivity index (χ1v) is 9.88. The summed E-state index contributed by atoms with van der Waals surface area (Å²) in [6.45, 7) is 9.30. The predicted molar refractivity (Wildman–Crippen MR) is 113 cm³/mol. The van der Waals surface area contributed by atoms with Crippen molar-refractivity contribution in [3.63, 3.8) is 0 Å². The molecule has 1 N–H and O–H groups in total. The lowest BCUT2D eigenvalue weighted by molar-refractivity contribution is -0.0281. The van der Waals surface area contributed by atoms with Crippen LogP contribution >= 0.6 is 0 Å². The Morgan fingerprint density at radius 3 is 2.71 bits per heavy atom. The van der Waals surface area contributed by atoms with Gasteiger partial charge in [-0.1, -0.05) is 31.2 Å². The fourth-order valence-electron chi connectivity index (χ4n) is 3.67. The minimum Gasteiger partial charge on any atom is -0.372 e. The number of anilines is 2. The topological polar surface area (TPSA) is 63.2 Å². The highest BCUT2D eigenvalue weighted by molar-refractivity contribution is 5.87. The SMILES string of the molecule is CCc1ccccc1CNc1nc(N2CCOC(C)(C)C2)nc2ncccc12. The second kappa shape index (κ2) is 7.72. The number of nitrogens with one attached hydrogen (secondary N) is 1. The summed E-state index contributed by atoms with van der Waals surface area (Å²) in [6, 6.07) is 12.5. The molecule has 0 saturated carbocycles. The molecule has 0 spiro atoms. The predicted octanol–water partition coefficient (Wildman–Crippen LogP) is 3.81. The maximum atomic E-state index is 5.84. The van der Waals surface area contributed by atoms with Crippen LogP contribution in [0, 0.1) is 0 Å². The summed E-state index contributed by atoms with van der Waals surface area (Å²) in [6.07, 6.45) is 2.79. The van der Waals surface area contributed by atoms with Gasteiger partial charge in [-0.05, 0) is 43.5 Å². The van der Waals surface area contributed by atoms with Gasteiger partial charge in [0.15, 0.2) is 5.65 Å². The van der Waals surface area contributed by atoms with E-state index in [-0.39, 0.29) is 5.60 Å². The van der Waals surface area contributed by atoms with Crippen LogP contribution in [0.25, 0.3) is 11.0 Å². The van der Waals surface area contributed by atoms with E-state index in [0.717, 1.165) is 37.3 Å². The molecule has 0 atom stereocenters. The van der Waals surface area contributed by atoms with Gasteiger partial charge in [-0.15, -0.1) is 0 Å². The second-order valence-corrected chi connectivity index (χ2v) is 7.75. The van der Waals surface area contributed by atoms with Gasteiger partial charge in [0.1, 0.15) is 5.82 Å². The number of pyridine rings is 1. The van der Waals surface area contributed by atoms with Crippen LogP contribution in [0.5, 0.6) is 0 Å². The third-order valence-electron chi connectivity index (χ3n) is 5.11. The average molecular weight is 377 g/mol. The van der Waals surface area contributed by atoms with E-state index in [2.05, 4.69) is 60.2 Å². The molecule has 1 fully saturated rings. The van der Waals surface area contributed by atoms with Gasteiger partial charge in [0.2, 0.25) is 5.95 Å². The Labute approximate surface area is 166 Å². The van der Waals surface area contributed by atoms with E-state index < -0.39 is 0 Å². The van der Waals surface area contributed by atoms with Crippen molar-refractivity contribution in [3.8, 4) is 0 Å². The lowest BCUT2D eigenvalue weighted by Crippen LogP contribution is -2.49. The summed E-state index contributed by atoms with van der Waals surface area (Å²) < 4.78 is 5.84. The first-order chi connectivity index (χ1) is 13.6. The highest BCUT2D eigenvalue weighted by Gasteiger charge is 2.29. The van der Waals surface area contributed by atoms with E-state index >= 15 is 0 Å². The van der Waals surface area contributed by atoms with Crippen LogP contribution in [0.1, 0.15) is 31.9 Å². The normalized spacial score (nSPS) is 16.3. The smallest absolute Gasteiger partial charge is 0.229 e. The van der Waals surface area contributed by atoms with Crippen LogP contribution in [0.15, 0.2) is 42.6 Å². The van der Waals surface area contributed by atoms with E-state index in [1.165, 1.54) is 11.1 Å². The summed E-state index contributed by atoms with van der Waals surface area (Å²) in [5, 5.41) is 4.47. The lowest BCUT2D eigenvalue weighted by Gasteiger charge is -2.38. The van der Waals surface area contributed by atoms with Crippen LogP contribution < -0.4 is 10.2 Å². The highest BCUT2D eigenvalue weighted by atomic mass is 16.5. The van der Waals surface area contributed by atoms with Gasteiger partial charge in [0.05, 0.1) is 17.6 Å². The fraction of sp³-hybridized carbons (Fsp3) is 0.409. The molecule has 1 aliphatic rings. The zero-order chi connectivity index (χ0) is 19.6. The Morgan fingerprint density at radius 1 is 1.11 bits per heavy atom. The molecule has 6 nitrogen and oxygen atoms in total. The Hall–Kier alpha value is -2.73. The van der Waals surface area contributed by atoms with E-state index in [1.54, 1.807) is 6.20 Å². The number of rotatable bonds is 5. The summed E-state index contributed by atoms with van der Waals surface area (Å²) in [5.74, 6) is 1.53. The highest BCUT2D eigenvalue weighted by Crippen LogP contribution is 2.26. The van der Waals surface area contributed by atoms with Gasteiger partial charge in [-0.2, -0.15) is 9.97 Å². The van der Waals surface area contributed by atoms with Crippen molar-refractivity contribution in [3.05, 3.63) is 53.7 Å². The Morgan fingerprint density at radius 2 is 1.93 bits per heavy atom. The quantitative estimate of drug-likeness (QED) is 0.729. The largest absolute Gasteiger partial charge is 0.372 e. The van der Waals surface area contributed by atoms with Gasteiger partial charge < -0.3 is 15.0 Å². The van der Waals surface area contributed by atoms with Gasteiger partial charge >= 0.3 is 0 Å². The van der Waals surface area contributed by atoms with E-state index in [4.69, 9.17) is 14.7 Å². The lowest BCUT2D eigenvalue weighted by atomic mass is 10.1. The Kier molecular flexibility index (Phi) is 5.13. The van der Waals surface area contributed by atoms with Crippen LogP contribution in [-0.4, -0.2) is 40.2 Å². The molecule has 0 amide bonds. The molecule has 146 valence electrons. The van der Waals surface area contributed by atoms with Crippen molar-refractivity contribution < 1.29 is 4.74 Å². The fourth-order valence-corrected chi connectivity index (χ4v) is 3.67. The van der Waals surface area contributed by atoms with Crippen LogP contribution in [0.2, 0.25) is 0 Å². The molecule has 0 bridgehead atoms. The van der Waals surface area contributed by atoms with Crippen molar-refractivity contribution in [1.82, 2.24) is 15.0 Å². The average Bonchev–Trinajstić information content (AvgIpc) is 2.71. The van der Waals surface area contributed by atoms with Crippen molar-refractivity contribution in [2.75, 3.05) is 29.9 Å². The Balaban J connectivity index is 1.67. The molecule has 6 heteroatoms. The number of fused-ring (bicyclic) bond motifs is 1. The van der Waals surface area contributed by atoms with E-state index in [0.29, 0.717) is 18.2 Å². The Bertz CT molecular complexity index is 972. The number of hydrogen-bond donors (Lipinski definition) is 1. The minimum atomic E-state index is -0.214. The molecule has 0 unspecified atom stereocenters. The number of hydrogen-bond acceptors (Lipinski definition) is 6. The molecule has 4 rings (SSSR count). The first kappa shape index (κ1) is 18.6. The number of benzene rings is 1. The molecular weight excluding hydrogens is 350 g/mol. The molecule has 3 heterocycles. The third-order valence-corrected chi connectivity index (χ3v) is 5.11. The maximum Gasteiger partial charge on any atom is 0.229 e. The second-order valence-electron chi connectivity index (χ2n) is 7.75. The molecule has 0 aliphatic carbocycles. The summed E-state index contributed by atoms with van der Waals surface area (Å²) >= 11 is 0. The summed E-state index contributed by atoms with van der Waals surface area (Å²) in [7, 11) is 0. The van der Waals surface area contributed by atoms with Gasteiger partial charge in [-0.3, -0.25) is 0 Å². The van der Waals surface area contributed by atoms with Crippen LogP contribution in [0.4, 0.5) is 11.8 Å². The molecule has 28 heavy (non-hydrogen) atoms. The molecular formula is C22H27N5O. The number of morpholine rings is 1. The maximum absolute atomic E-state index is 5.84. The molecule has 1 aliphatic heterocycles. The van der Waals surface area contributed by atoms with E-state index in [9.17, 15) is 0 Å². The molecule has 1 aromatic carbocycles. The third kappa shape index (κ3) is 3.92. The summed E-state index contributed by atoms with van der Waals surface area (Å²) in [4.78, 5) is 16.2. The van der Waals surface area contributed by atoms with Crippen molar-refractivity contribution in [2.24, 2.45) is 0 Å². The standard InChI is InChI=1S/C22H27N5O/c1-4-16-8-5-6-9-17(16)14-24-20-18-10-7-11-23-19(18)25-21(26-20)27-12-13-28-22(2,3)15-27/h5-11H,4,12-15H2,1-3H3,(H,23,24,25,26). The summed E-state index contributed by atoms with van der Waals surface area (Å²) in [5.41, 5.74) is 3.13. The number of nitrogens with zero attached hydrogens (tertiary/aromatic N) is 4. The molecule has 3 aromatic rings. The van der Waals surface area contributed by atoms with Crippen molar-refractivity contribution >= 4 is 22.8 Å². The zero-order valence-corrected chi connectivity index (χ0v) is 16.8. The number of aromatic nitrogens is 3. The molecule has 0 radical (unpaired) electrons. The number of ether oxygens (including phenoxy) is 1. The van der Waals surface area contributed by atoms with Gasteiger partial charge in [-0.25, -0.2) is 4.98 Å². The van der Waals surface area contributed by atoms with E-state index in [1.807, 2.05) is 12.1 Å². The van der Waals surface area contributed by atoms with Gasteiger partial charge in [0, 0.05) is 25.8 Å². The van der Waals surface area contributed by atoms with Crippen LogP contribution in [-0.2, 0) is 17.7 Å². The molecule has 2 aromatic heterocycles.